The van der Waals surface area contributed by atoms with Gasteiger partial charge in [-0.3, -0.25) is 4.98 Å². The van der Waals surface area contributed by atoms with E-state index in [4.69, 9.17) is 16.3 Å². The van der Waals surface area contributed by atoms with Crippen molar-refractivity contribution in [1.29, 1.82) is 0 Å². The molecule has 0 N–H and O–H groups in total. The van der Waals surface area contributed by atoms with Crippen molar-refractivity contribution >= 4 is 11.6 Å². The van der Waals surface area contributed by atoms with Gasteiger partial charge in [0.1, 0.15) is 16.6 Å². The van der Waals surface area contributed by atoms with Crippen molar-refractivity contribution in [1.82, 2.24) is 19.9 Å². The number of pyridine rings is 2. The Morgan fingerprint density at radius 2 is 1.83 bits per heavy atom. The zero-order valence-electron chi connectivity index (χ0n) is 11.8. The maximum atomic E-state index is 13.1. The van der Waals surface area contributed by atoms with Crippen molar-refractivity contribution in [3.63, 3.8) is 0 Å². The van der Waals surface area contributed by atoms with E-state index in [1.807, 2.05) is 0 Å². The molecule has 3 rings (SSSR count). The van der Waals surface area contributed by atoms with Crippen LogP contribution in [0.25, 0.3) is 11.5 Å². The van der Waals surface area contributed by atoms with Gasteiger partial charge in [-0.25, -0.2) is 9.97 Å². The van der Waals surface area contributed by atoms with Crippen LogP contribution in [0.3, 0.4) is 0 Å². The minimum atomic E-state index is -4.65. The van der Waals surface area contributed by atoms with Crippen LogP contribution in [-0.4, -0.2) is 19.9 Å². The van der Waals surface area contributed by atoms with Crippen molar-refractivity contribution in [3.8, 4) is 23.1 Å². The van der Waals surface area contributed by atoms with E-state index in [1.165, 1.54) is 30.6 Å². The Morgan fingerprint density at radius 3 is 2.46 bits per heavy atom. The molecule has 0 unspecified atom stereocenters. The van der Waals surface area contributed by atoms with Crippen LogP contribution in [0.5, 0.6) is 11.6 Å². The topological polar surface area (TPSA) is 60.8 Å². The summed E-state index contributed by atoms with van der Waals surface area (Å²) in [6.07, 6.45) is -1.94. The number of hydrogen-bond acceptors (Lipinski definition) is 5. The summed E-state index contributed by atoms with van der Waals surface area (Å²) in [6.45, 7) is 0. The first-order chi connectivity index (χ1) is 11.4. The summed E-state index contributed by atoms with van der Waals surface area (Å²) in [5.41, 5.74) is -0.933. The average molecular weight is 353 g/mol. The maximum Gasteiger partial charge on any atom is 0.433 e. The van der Waals surface area contributed by atoms with Gasteiger partial charge in [0.05, 0.1) is 6.20 Å². The van der Waals surface area contributed by atoms with E-state index < -0.39 is 11.9 Å². The molecule has 3 heterocycles. The minimum Gasteiger partial charge on any atom is -0.437 e. The van der Waals surface area contributed by atoms with E-state index in [-0.39, 0.29) is 28.3 Å². The first-order valence-corrected chi connectivity index (χ1v) is 6.97. The SMILES string of the molecule is FC(F)(F)c1cc(Oc2ccc(Cl)nc2)nc(-c2ccccn2)n1. The summed E-state index contributed by atoms with van der Waals surface area (Å²) < 4.78 is 44.5. The normalized spacial score (nSPS) is 11.3. The fourth-order valence-corrected chi connectivity index (χ4v) is 1.89. The van der Waals surface area contributed by atoms with Crippen LogP contribution in [0, 0.1) is 0 Å². The third kappa shape index (κ3) is 3.77. The lowest BCUT2D eigenvalue weighted by Gasteiger charge is -2.11. The molecule has 0 aliphatic carbocycles. The van der Waals surface area contributed by atoms with Gasteiger partial charge in [0.25, 0.3) is 0 Å². The van der Waals surface area contributed by atoms with E-state index in [1.54, 1.807) is 12.1 Å². The largest absolute Gasteiger partial charge is 0.437 e. The predicted octanol–water partition coefficient (Wildman–Crippen LogP) is 4.40. The zero-order valence-corrected chi connectivity index (χ0v) is 12.6. The maximum absolute atomic E-state index is 13.1. The van der Waals surface area contributed by atoms with Gasteiger partial charge in [0.15, 0.2) is 11.5 Å². The summed E-state index contributed by atoms with van der Waals surface area (Å²) in [5, 5.41) is 0.232. The van der Waals surface area contributed by atoms with Crippen molar-refractivity contribution in [2.24, 2.45) is 0 Å². The summed E-state index contributed by atoms with van der Waals surface area (Å²) in [6, 6.07) is 8.38. The van der Waals surface area contributed by atoms with Gasteiger partial charge in [-0.1, -0.05) is 17.7 Å². The number of aromatic nitrogens is 4. The van der Waals surface area contributed by atoms with Gasteiger partial charge in [-0.2, -0.15) is 18.2 Å². The number of rotatable bonds is 3. The second-order valence-electron chi connectivity index (χ2n) is 4.55. The quantitative estimate of drug-likeness (QED) is 0.654. The summed E-state index contributed by atoms with van der Waals surface area (Å²) >= 11 is 5.66. The molecule has 0 aromatic carbocycles. The highest BCUT2D eigenvalue weighted by Crippen LogP contribution is 2.32. The van der Waals surface area contributed by atoms with Crippen LogP contribution in [0.2, 0.25) is 5.15 Å². The smallest absolute Gasteiger partial charge is 0.433 e. The second kappa shape index (κ2) is 6.40. The molecule has 122 valence electrons. The third-order valence-electron chi connectivity index (χ3n) is 2.81. The van der Waals surface area contributed by atoms with E-state index in [9.17, 15) is 13.2 Å². The van der Waals surface area contributed by atoms with Crippen LogP contribution < -0.4 is 4.74 Å². The third-order valence-corrected chi connectivity index (χ3v) is 3.03. The molecule has 0 aliphatic heterocycles. The van der Waals surface area contributed by atoms with E-state index in [0.717, 1.165) is 0 Å². The van der Waals surface area contributed by atoms with Gasteiger partial charge in [-0.15, -0.1) is 0 Å². The molecule has 0 fully saturated rings. The first-order valence-electron chi connectivity index (χ1n) is 6.59. The molecular weight excluding hydrogens is 345 g/mol. The van der Waals surface area contributed by atoms with Crippen LogP contribution in [0.15, 0.2) is 48.8 Å². The Balaban J connectivity index is 2.03. The lowest BCUT2D eigenvalue weighted by Crippen LogP contribution is -2.10. The first kappa shape index (κ1) is 16.1. The van der Waals surface area contributed by atoms with Gasteiger partial charge in [-0.05, 0) is 24.3 Å². The average Bonchev–Trinajstić information content (AvgIpc) is 2.57. The highest BCUT2D eigenvalue weighted by Gasteiger charge is 2.34. The van der Waals surface area contributed by atoms with Crippen molar-refractivity contribution < 1.29 is 17.9 Å². The second-order valence-corrected chi connectivity index (χ2v) is 4.93. The Labute approximate surface area is 139 Å². The summed E-state index contributed by atoms with van der Waals surface area (Å²) in [5.74, 6) is -0.275. The molecule has 0 radical (unpaired) electrons. The lowest BCUT2D eigenvalue weighted by atomic mass is 10.3. The fourth-order valence-electron chi connectivity index (χ4n) is 1.78. The van der Waals surface area contributed by atoms with Crippen molar-refractivity contribution in [3.05, 3.63) is 59.6 Å². The van der Waals surface area contributed by atoms with Crippen molar-refractivity contribution in [2.45, 2.75) is 6.18 Å². The van der Waals surface area contributed by atoms with Gasteiger partial charge in [0.2, 0.25) is 5.88 Å². The molecule has 9 heteroatoms. The molecule has 0 amide bonds. The Kier molecular flexibility index (Phi) is 4.30. The number of alkyl halides is 3. The van der Waals surface area contributed by atoms with Crippen LogP contribution >= 0.6 is 11.6 Å². The van der Waals surface area contributed by atoms with E-state index in [0.29, 0.717) is 6.07 Å². The standard InChI is InChI=1S/C15H8ClF3N4O/c16-12-5-4-9(8-21-12)24-13-7-11(15(17,18)19)22-14(23-13)10-3-1-2-6-20-10/h1-8H. The van der Waals surface area contributed by atoms with Crippen LogP contribution in [-0.2, 0) is 6.18 Å². The molecule has 5 nitrogen and oxygen atoms in total. The van der Waals surface area contributed by atoms with E-state index >= 15 is 0 Å². The monoisotopic (exact) mass is 352 g/mol. The number of ether oxygens (including phenoxy) is 1. The van der Waals surface area contributed by atoms with E-state index in [2.05, 4.69) is 19.9 Å². The van der Waals surface area contributed by atoms with Crippen LogP contribution in [0.1, 0.15) is 5.69 Å². The number of halogens is 4. The molecular formula is C15H8ClF3N4O. The highest BCUT2D eigenvalue weighted by molar-refractivity contribution is 6.29. The van der Waals surface area contributed by atoms with Gasteiger partial charge < -0.3 is 4.74 Å². The molecule has 0 bridgehead atoms. The van der Waals surface area contributed by atoms with Gasteiger partial charge in [0, 0.05) is 12.3 Å². The molecule has 3 aromatic heterocycles. The van der Waals surface area contributed by atoms with Gasteiger partial charge >= 0.3 is 6.18 Å². The Hall–Kier alpha value is -2.74. The lowest BCUT2D eigenvalue weighted by molar-refractivity contribution is -0.141. The Bertz CT molecular complexity index is 842. The van der Waals surface area contributed by atoms with Crippen molar-refractivity contribution in [2.75, 3.05) is 0 Å². The highest BCUT2D eigenvalue weighted by atomic mass is 35.5. The minimum absolute atomic E-state index is 0.192. The number of nitrogens with zero attached hydrogens (tertiary/aromatic N) is 4. The molecule has 0 spiro atoms. The molecule has 24 heavy (non-hydrogen) atoms. The summed E-state index contributed by atoms with van der Waals surface area (Å²) in [7, 11) is 0. The zero-order chi connectivity index (χ0) is 17.2. The Morgan fingerprint density at radius 1 is 1.00 bits per heavy atom. The molecule has 0 saturated heterocycles. The molecule has 0 saturated carbocycles. The van der Waals surface area contributed by atoms with Crippen LogP contribution in [0.4, 0.5) is 13.2 Å². The molecule has 0 aliphatic rings. The number of hydrogen-bond donors (Lipinski definition) is 0. The molecule has 3 aromatic rings. The molecule has 0 atom stereocenters. The summed E-state index contributed by atoms with van der Waals surface area (Å²) in [4.78, 5) is 15.2. The fraction of sp³-hybridized carbons (Fsp3) is 0.0667. The predicted molar refractivity (Wildman–Crippen MR) is 79.6 cm³/mol.